The van der Waals surface area contributed by atoms with Crippen LogP contribution in [0.3, 0.4) is 0 Å². The molecule has 0 spiro atoms. The van der Waals surface area contributed by atoms with Crippen molar-refractivity contribution in [1.82, 2.24) is 0 Å². The first-order valence-corrected chi connectivity index (χ1v) is 10.0. The van der Waals surface area contributed by atoms with E-state index in [1.54, 1.807) is 0 Å². The second-order valence-corrected chi connectivity index (χ2v) is 6.44. The van der Waals surface area contributed by atoms with E-state index < -0.39 is 7.69 Å². The molecule has 0 aliphatic carbocycles. The number of unbranched alkanes of at least 4 members (excludes halogenated alkanes) is 16. The summed E-state index contributed by atoms with van der Waals surface area (Å²) in [5.74, 6) is 0. The van der Waals surface area contributed by atoms with Gasteiger partial charge in [-0.2, -0.15) is 0 Å². The second kappa shape index (κ2) is 25.9. The molecule has 0 unspecified atom stereocenters. The fourth-order valence-corrected chi connectivity index (χ4v) is 2.80. The number of rotatable bonds is 16. The SMILES string of the molecule is CCCCCCCCCCCCCCCCCCC.OBO. The van der Waals surface area contributed by atoms with Gasteiger partial charge in [-0.15, -0.1) is 0 Å². The molecular weight excluding hydrogens is 271 g/mol. The minimum absolute atomic E-state index is 0.750. The Bertz CT molecular complexity index is 150. The molecule has 0 amide bonds. The minimum Gasteiger partial charge on any atom is -0.430 e. The van der Waals surface area contributed by atoms with Crippen LogP contribution in [-0.2, 0) is 0 Å². The number of hydrogen-bond acceptors (Lipinski definition) is 2. The molecule has 0 rings (SSSR count). The Labute approximate surface area is 141 Å². The van der Waals surface area contributed by atoms with Crippen molar-refractivity contribution in [2.24, 2.45) is 0 Å². The van der Waals surface area contributed by atoms with Gasteiger partial charge >= 0.3 is 7.69 Å². The first-order chi connectivity index (χ1) is 10.8. The van der Waals surface area contributed by atoms with E-state index in [1.807, 2.05) is 0 Å². The molecule has 0 bridgehead atoms. The quantitative estimate of drug-likeness (QED) is 0.275. The molecule has 0 aromatic rings. The summed E-state index contributed by atoms with van der Waals surface area (Å²) in [5, 5.41) is 14.2. The number of hydrogen-bond donors (Lipinski definition) is 2. The van der Waals surface area contributed by atoms with Gasteiger partial charge in [0.1, 0.15) is 0 Å². The molecule has 2 N–H and O–H groups in total. The van der Waals surface area contributed by atoms with Crippen LogP contribution in [0.15, 0.2) is 0 Å². The van der Waals surface area contributed by atoms with E-state index in [9.17, 15) is 0 Å². The molecule has 134 valence electrons. The van der Waals surface area contributed by atoms with Crippen molar-refractivity contribution >= 4 is 7.69 Å². The lowest BCUT2D eigenvalue weighted by molar-refractivity contribution is 0.448. The van der Waals surface area contributed by atoms with Gasteiger partial charge in [0, 0.05) is 0 Å². The topological polar surface area (TPSA) is 40.5 Å². The minimum atomic E-state index is -0.750. The lowest BCUT2D eigenvalue weighted by atomic mass is 10.0. The van der Waals surface area contributed by atoms with Gasteiger partial charge in [0.2, 0.25) is 0 Å². The summed E-state index contributed by atoms with van der Waals surface area (Å²) in [6.07, 6.45) is 24.9. The zero-order valence-corrected chi connectivity index (χ0v) is 15.6. The summed E-state index contributed by atoms with van der Waals surface area (Å²) < 4.78 is 0. The van der Waals surface area contributed by atoms with Crippen molar-refractivity contribution in [2.45, 2.75) is 123 Å². The highest BCUT2D eigenvalue weighted by Gasteiger charge is 1.94. The standard InChI is InChI=1S/C19H40.BH3O2/c1-3-5-7-9-11-13-15-17-19-18-16-14-12-10-8-6-4-2;2-1-3/h3-19H2,1-2H3;1-3H. The second-order valence-electron chi connectivity index (χ2n) is 6.44. The molecule has 3 heteroatoms. The predicted molar refractivity (Wildman–Crippen MR) is 101 cm³/mol. The fourth-order valence-electron chi connectivity index (χ4n) is 2.80. The largest absolute Gasteiger partial charge is 0.432 e. The fraction of sp³-hybridized carbons (Fsp3) is 1.00. The van der Waals surface area contributed by atoms with Gasteiger partial charge < -0.3 is 10.0 Å². The Hall–Kier alpha value is -0.0151. The smallest absolute Gasteiger partial charge is 0.430 e. The summed E-state index contributed by atoms with van der Waals surface area (Å²) in [5.41, 5.74) is 0. The summed E-state index contributed by atoms with van der Waals surface area (Å²) in [7, 11) is -0.750. The average Bonchev–Trinajstić information content (AvgIpc) is 2.52. The zero-order chi connectivity index (χ0) is 16.7. The summed E-state index contributed by atoms with van der Waals surface area (Å²) >= 11 is 0. The van der Waals surface area contributed by atoms with E-state index in [1.165, 1.54) is 109 Å². The molecule has 0 fully saturated rings. The molecule has 22 heavy (non-hydrogen) atoms. The van der Waals surface area contributed by atoms with E-state index >= 15 is 0 Å². The third kappa shape index (κ3) is 28.2. The first-order valence-electron chi connectivity index (χ1n) is 10.0. The summed E-state index contributed by atoms with van der Waals surface area (Å²) in [4.78, 5) is 0. The van der Waals surface area contributed by atoms with E-state index in [0.717, 1.165) is 0 Å². The molecule has 0 saturated carbocycles. The zero-order valence-electron chi connectivity index (χ0n) is 15.6. The molecule has 0 aliphatic heterocycles. The average molecular weight is 314 g/mol. The molecule has 0 saturated heterocycles. The summed E-state index contributed by atoms with van der Waals surface area (Å²) in [6, 6.07) is 0. The van der Waals surface area contributed by atoms with Gasteiger partial charge in [-0.05, 0) is 0 Å². The highest BCUT2D eigenvalue weighted by molar-refractivity contribution is 6.13. The molecule has 0 radical (unpaired) electrons. The van der Waals surface area contributed by atoms with Crippen molar-refractivity contribution in [3.8, 4) is 0 Å². The van der Waals surface area contributed by atoms with Crippen LogP contribution in [0.5, 0.6) is 0 Å². The Balaban J connectivity index is 0. The van der Waals surface area contributed by atoms with Crippen LogP contribution in [0.1, 0.15) is 123 Å². The van der Waals surface area contributed by atoms with E-state index in [4.69, 9.17) is 10.0 Å². The Morgan fingerprint density at radius 2 is 0.545 bits per heavy atom. The molecule has 0 aliphatic rings. The van der Waals surface area contributed by atoms with Crippen molar-refractivity contribution in [3.05, 3.63) is 0 Å². The van der Waals surface area contributed by atoms with Crippen molar-refractivity contribution < 1.29 is 10.0 Å². The van der Waals surface area contributed by atoms with Crippen LogP contribution >= 0.6 is 0 Å². The maximum Gasteiger partial charge on any atom is 0.432 e. The summed E-state index contributed by atoms with van der Waals surface area (Å²) in [6.45, 7) is 4.59. The lowest BCUT2D eigenvalue weighted by Crippen LogP contribution is -1.83. The third-order valence-corrected chi connectivity index (χ3v) is 4.21. The van der Waals surface area contributed by atoms with Gasteiger partial charge in [-0.25, -0.2) is 0 Å². The normalized spacial score (nSPS) is 10.2. The predicted octanol–water partition coefficient (Wildman–Crippen LogP) is 5.90. The van der Waals surface area contributed by atoms with E-state index in [0.29, 0.717) is 0 Å². The lowest BCUT2D eigenvalue weighted by Gasteiger charge is -2.03. The van der Waals surface area contributed by atoms with Gasteiger partial charge in [-0.1, -0.05) is 123 Å². The van der Waals surface area contributed by atoms with Gasteiger partial charge in [-0.3, -0.25) is 0 Å². The van der Waals surface area contributed by atoms with Crippen molar-refractivity contribution in [3.63, 3.8) is 0 Å². The molecule has 0 atom stereocenters. The van der Waals surface area contributed by atoms with Gasteiger partial charge in [0.15, 0.2) is 0 Å². The highest BCUT2D eigenvalue weighted by atomic mass is 16.4. The molecule has 0 heterocycles. The highest BCUT2D eigenvalue weighted by Crippen LogP contribution is 2.13. The van der Waals surface area contributed by atoms with Crippen LogP contribution in [-0.4, -0.2) is 17.7 Å². The molecule has 2 nitrogen and oxygen atoms in total. The molecular formula is C19H43BO2. The maximum absolute atomic E-state index is 7.12. The Morgan fingerprint density at radius 3 is 0.682 bits per heavy atom. The van der Waals surface area contributed by atoms with Crippen molar-refractivity contribution in [1.29, 1.82) is 0 Å². The van der Waals surface area contributed by atoms with E-state index in [2.05, 4.69) is 13.8 Å². The maximum atomic E-state index is 7.12. The Kier molecular flexibility index (Phi) is 28.6. The van der Waals surface area contributed by atoms with Gasteiger partial charge in [0.25, 0.3) is 0 Å². The molecule has 0 aromatic heterocycles. The van der Waals surface area contributed by atoms with Crippen LogP contribution in [0.2, 0.25) is 0 Å². The van der Waals surface area contributed by atoms with Crippen LogP contribution in [0, 0.1) is 0 Å². The van der Waals surface area contributed by atoms with Gasteiger partial charge in [0.05, 0.1) is 0 Å². The van der Waals surface area contributed by atoms with E-state index in [-0.39, 0.29) is 0 Å². The van der Waals surface area contributed by atoms with Crippen LogP contribution in [0.4, 0.5) is 0 Å². The van der Waals surface area contributed by atoms with Crippen LogP contribution in [0.25, 0.3) is 0 Å². The van der Waals surface area contributed by atoms with Crippen molar-refractivity contribution in [2.75, 3.05) is 0 Å². The Morgan fingerprint density at radius 1 is 0.409 bits per heavy atom. The first kappa shape index (κ1) is 24.2. The molecule has 0 aromatic carbocycles. The monoisotopic (exact) mass is 314 g/mol. The third-order valence-electron chi connectivity index (χ3n) is 4.21. The van der Waals surface area contributed by atoms with Crippen LogP contribution < -0.4 is 0 Å².